The van der Waals surface area contributed by atoms with Crippen LogP contribution in [-0.2, 0) is 0 Å². The molecule has 0 N–H and O–H groups in total. The molecule has 3 rings (SSSR count). The van der Waals surface area contributed by atoms with Crippen LogP contribution in [0.15, 0.2) is 54.5 Å². The van der Waals surface area contributed by atoms with Crippen molar-refractivity contribution >= 4 is 11.3 Å². The van der Waals surface area contributed by atoms with Gasteiger partial charge in [0.2, 0.25) is 0 Å². The predicted octanol–water partition coefficient (Wildman–Crippen LogP) is 3.52. The van der Waals surface area contributed by atoms with Crippen LogP contribution in [0.25, 0.3) is 5.57 Å². The molecule has 2 aliphatic heterocycles. The summed E-state index contributed by atoms with van der Waals surface area (Å²) in [5.41, 5.74) is 5.17. The molecule has 0 bridgehead atoms. The Hall–Kier alpha value is -1.96. The number of nitrogens with zero attached hydrogens (tertiary/aromatic N) is 2. The summed E-state index contributed by atoms with van der Waals surface area (Å²) >= 11 is 0. The Morgan fingerprint density at radius 2 is 1.56 bits per heavy atom. The third-order valence-electron chi connectivity index (χ3n) is 3.24. The lowest BCUT2D eigenvalue weighted by Gasteiger charge is -2.40. The van der Waals surface area contributed by atoms with E-state index >= 15 is 0 Å². The summed E-state index contributed by atoms with van der Waals surface area (Å²) < 4.78 is 0. The van der Waals surface area contributed by atoms with Gasteiger partial charge in [-0.05, 0) is 37.6 Å². The number of allylic oxidation sites excluding steroid dienone is 4. The normalized spacial score (nSPS) is 17.6. The minimum atomic E-state index is 1.24. The van der Waals surface area contributed by atoms with Crippen molar-refractivity contribution in [2.24, 2.45) is 0 Å². The van der Waals surface area contributed by atoms with Crippen molar-refractivity contribution in [3.05, 3.63) is 60.1 Å². The third kappa shape index (κ3) is 1.13. The van der Waals surface area contributed by atoms with Crippen LogP contribution in [0.3, 0.4) is 0 Å². The minimum absolute atomic E-state index is 1.24. The first-order chi connectivity index (χ1) is 7.79. The molecule has 2 heterocycles. The van der Waals surface area contributed by atoms with Gasteiger partial charge in [-0.1, -0.05) is 18.2 Å². The molecule has 1 aromatic carbocycles. The Morgan fingerprint density at radius 1 is 0.875 bits per heavy atom. The molecular weight excluding hydrogens is 196 g/mol. The first kappa shape index (κ1) is 9.28. The van der Waals surface area contributed by atoms with Gasteiger partial charge in [-0.3, -0.25) is 10.0 Å². The van der Waals surface area contributed by atoms with E-state index in [0.29, 0.717) is 0 Å². The molecule has 0 aliphatic carbocycles. The largest absolute Gasteiger partial charge is 0.261 e. The lowest BCUT2D eigenvalue weighted by Crippen LogP contribution is -2.38. The van der Waals surface area contributed by atoms with Crippen LogP contribution in [0.1, 0.15) is 19.4 Å². The van der Waals surface area contributed by atoms with Crippen molar-refractivity contribution in [1.82, 2.24) is 5.01 Å². The van der Waals surface area contributed by atoms with Crippen LogP contribution in [-0.4, -0.2) is 5.01 Å². The highest BCUT2D eigenvalue weighted by Crippen LogP contribution is 2.37. The highest BCUT2D eigenvalue weighted by molar-refractivity contribution is 5.81. The average Bonchev–Trinajstić information content (AvgIpc) is 2.36. The van der Waals surface area contributed by atoms with Crippen LogP contribution in [0.2, 0.25) is 0 Å². The Morgan fingerprint density at radius 3 is 2.38 bits per heavy atom. The van der Waals surface area contributed by atoms with Gasteiger partial charge in [-0.25, -0.2) is 0 Å². The molecule has 2 nitrogen and oxygen atoms in total. The van der Waals surface area contributed by atoms with Gasteiger partial charge in [0.05, 0.1) is 5.69 Å². The van der Waals surface area contributed by atoms with Crippen LogP contribution >= 0.6 is 0 Å². The molecule has 0 amide bonds. The maximum absolute atomic E-state index is 2.18. The van der Waals surface area contributed by atoms with Gasteiger partial charge in [0.1, 0.15) is 0 Å². The second-order valence-corrected chi connectivity index (χ2v) is 4.10. The fraction of sp³-hybridized carbons (Fsp3) is 0.143. The number of hydrazine groups is 1. The molecule has 1 aromatic rings. The minimum Gasteiger partial charge on any atom is -0.261 e. The molecular formula is C14H14N2. The zero-order chi connectivity index (χ0) is 11.1. The van der Waals surface area contributed by atoms with Gasteiger partial charge in [-0.15, -0.1) is 0 Å². The maximum atomic E-state index is 2.18. The smallest absolute Gasteiger partial charge is 0.0705 e. The third-order valence-corrected chi connectivity index (χ3v) is 3.24. The average molecular weight is 210 g/mol. The fourth-order valence-electron chi connectivity index (χ4n) is 2.23. The summed E-state index contributed by atoms with van der Waals surface area (Å²) in [4.78, 5) is 0. The summed E-state index contributed by atoms with van der Waals surface area (Å²) in [6.45, 7) is 4.33. The van der Waals surface area contributed by atoms with Crippen molar-refractivity contribution < 1.29 is 0 Å². The fourth-order valence-corrected chi connectivity index (χ4v) is 2.23. The second-order valence-electron chi connectivity index (χ2n) is 4.10. The summed E-state index contributed by atoms with van der Waals surface area (Å²) in [7, 11) is 0. The molecule has 0 fully saturated rings. The number of fused-ring (bicyclic) bond motifs is 3. The summed E-state index contributed by atoms with van der Waals surface area (Å²) in [5, 5.41) is 4.36. The number of hydrogen-bond acceptors (Lipinski definition) is 2. The number of anilines is 1. The van der Waals surface area contributed by atoms with Crippen molar-refractivity contribution in [2.75, 3.05) is 5.01 Å². The maximum Gasteiger partial charge on any atom is 0.0705 e. The number of hydrogen-bond donors (Lipinski definition) is 0. The quantitative estimate of drug-likeness (QED) is 0.646. The van der Waals surface area contributed by atoms with E-state index in [4.69, 9.17) is 0 Å². The molecule has 0 atom stereocenters. The van der Waals surface area contributed by atoms with Crippen LogP contribution in [0.5, 0.6) is 0 Å². The van der Waals surface area contributed by atoms with Gasteiger partial charge in [0.15, 0.2) is 0 Å². The van der Waals surface area contributed by atoms with E-state index in [1.54, 1.807) is 0 Å². The number of rotatable bonds is 0. The molecule has 0 saturated heterocycles. The first-order valence-electron chi connectivity index (χ1n) is 5.49. The van der Waals surface area contributed by atoms with Gasteiger partial charge >= 0.3 is 0 Å². The van der Waals surface area contributed by atoms with Crippen LogP contribution in [0, 0.1) is 0 Å². The first-order valence-corrected chi connectivity index (χ1v) is 5.49. The van der Waals surface area contributed by atoms with Crippen molar-refractivity contribution in [3.63, 3.8) is 0 Å². The van der Waals surface area contributed by atoms with Crippen LogP contribution < -0.4 is 5.01 Å². The van der Waals surface area contributed by atoms with E-state index in [2.05, 4.69) is 72.7 Å². The predicted molar refractivity (Wildman–Crippen MR) is 67.3 cm³/mol. The van der Waals surface area contributed by atoms with Crippen LogP contribution in [0.4, 0.5) is 5.69 Å². The highest BCUT2D eigenvalue weighted by atomic mass is 15.6. The molecule has 0 radical (unpaired) electrons. The number of para-hydroxylation sites is 1. The Labute approximate surface area is 95.8 Å². The Bertz CT molecular complexity index is 523. The molecule has 16 heavy (non-hydrogen) atoms. The summed E-state index contributed by atoms with van der Waals surface area (Å²) in [5.74, 6) is 0. The number of benzene rings is 1. The lowest BCUT2D eigenvalue weighted by molar-refractivity contribution is 0.461. The molecule has 0 saturated carbocycles. The summed E-state index contributed by atoms with van der Waals surface area (Å²) in [6.07, 6.45) is 8.30. The molecule has 0 spiro atoms. The van der Waals surface area contributed by atoms with E-state index in [1.165, 1.54) is 22.5 Å². The van der Waals surface area contributed by atoms with Gasteiger partial charge < -0.3 is 0 Å². The molecule has 2 heteroatoms. The van der Waals surface area contributed by atoms with Gasteiger partial charge in [-0.2, -0.15) is 0 Å². The van der Waals surface area contributed by atoms with E-state index in [1.807, 2.05) is 0 Å². The zero-order valence-electron chi connectivity index (χ0n) is 9.51. The van der Waals surface area contributed by atoms with Crippen molar-refractivity contribution in [3.8, 4) is 0 Å². The molecule has 80 valence electrons. The van der Waals surface area contributed by atoms with E-state index < -0.39 is 0 Å². The Kier molecular flexibility index (Phi) is 1.90. The van der Waals surface area contributed by atoms with Crippen molar-refractivity contribution in [2.45, 2.75) is 13.8 Å². The SMILES string of the molecule is CC1=C(C)N2C=CC=CN2c2ccccc21. The second kappa shape index (κ2) is 3.27. The molecule has 0 aromatic heterocycles. The van der Waals surface area contributed by atoms with Gasteiger partial charge in [0, 0.05) is 23.7 Å². The standard InChI is InChI=1S/C14H14N2/c1-11-12(2)15-9-5-6-10-16(15)14-8-4-3-7-13(11)14/h3-10H,1-2H3. The van der Waals surface area contributed by atoms with E-state index in [-0.39, 0.29) is 0 Å². The molecule has 0 unspecified atom stereocenters. The topological polar surface area (TPSA) is 6.48 Å². The highest BCUT2D eigenvalue weighted by Gasteiger charge is 2.24. The Balaban J connectivity index is 2.26. The van der Waals surface area contributed by atoms with E-state index in [9.17, 15) is 0 Å². The lowest BCUT2D eigenvalue weighted by atomic mass is 10.0. The monoisotopic (exact) mass is 210 g/mol. The van der Waals surface area contributed by atoms with Gasteiger partial charge in [0.25, 0.3) is 0 Å². The molecule has 2 aliphatic rings. The van der Waals surface area contributed by atoms with Crippen molar-refractivity contribution in [1.29, 1.82) is 0 Å². The summed E-state index contributed by atoms with van der Waals surface area (Å²) in [6, 6.07) is 8.51. The van der Waals surface area contributed by atoms with E-state index in [0.717, 1.165) is 0 Å². The zero-order valence-corrected chi connectivity index (χ0v) is 9.51.